The third-order valence-electron chi connectivity index (χ3n) is 10.4. The smallest absolute Gasteiger partial charge is 0.235 e. The first-order chi connectivity index (χ1) is 24.1. The van der Waals surface area contributed by atoms with E-state index in [4.69, 9.17) is 9.97 Å². The van der Waals surface area contributed by atoms with E-state index >= 15 is 0 Å². The normalized spacial score (nSPS) is 13.6. The van der Waals surface area contributed by atoms with Gasteiger partial charge in [-0.1, -0.05) is 117 Å². The second-order valence-corrected chi connectivity index (χ2v) is 13.5. The Labute approximate surface area is 284 Å². The van der Waals surface area contributed by atoms with Gasteiger partial charge >= 0.3 is 0 Å². The zero-order valence-corrected chi connectivity index (χ0v) is 27.3. The fourth-order valence-electron chi connectivity index (χ4n) is 8.01. The summed E-state index contributed by atoms with van der Waals surface area (Å²) in [5, 5.41) is 5.87. The van der Waals surface area contributed by atoms with Crippen LogP contribution < -0.4 is 4.90 Å². The van der Waals surface area contributed by atoms with Crippen LogP contribution in [0.2, 0.25) is 0 Å². The Kier molecular flexibility index (Phi) is 5.89. The summed E-state index contributed by atoms with van der Waals surface area (Å²) in [5.74, 6) is 0.676. The molecule has 0 spiro atoms. The number of hydrogen-bond acceptors (Lipinski definition) is 3. The molecule has 1 aliphatic rings. The van der Waals surface area contributed by atoms with E-state index in [0.29, 0.717) is 5.95 Å². The molecule has 0 bridgehead atoms. The first kappa shape index (κ1) is 27.8. The van der Waals surface area contributed by atoms with E-state index in [9.17, 15) is 0 Å². The molecule has 0 atom stereocenters. The van der Waals surface area contributed by atoms with Gasteiger partial charge in [-0.3, -0.25) is 4.57 Å². The quantitative estimate of drug-likeness (QED) is 0.195. The summed E-state index contributed by atoms with van der Waals surface area (Å²) >= 11 is 0. The zero-order valence-electron chi connectivity index (χ0n) is 27.3. The van der Waals surface area contributed by atoms with Crippen LogP contribution in [-0.4, -0.2) is 14.5 Å². The fraction of sp³-hybridized carbons (Fsp3) is 0.0667. The van der Waals surface area contributed by atoms with Crippen LogP contribution in [0.3, 0.4) is 0 Å². The molecule has 0 unspecified atom stereocenters. The highest BCUT2D eigenvalue weighted by Gasteiger charge is 2.36. The highest BCUT2D eigenvalue weighted by Crippen LogP contribution is 2.52. The first-order valence-electron chi connectivity index (χ1n) is 16.8. The molecule has 0 fully saturated rings. The van der Waals surface area contributed by atoms with E-state index in [1.807, 2.05) is 18.3 Å². The van der Waals surface area contributed by atoms with Crippen LogP contribution in [0.15, 0.2) is 158 Å². The van der Waals surface area contributed by atoms with Crippen LogP contribution in [0.1, 0.15) is 25.0 Å². The van der Waals surface area contributed by atoms with Gasteiger partial charge in [0.25, 0.3) is 0 Å². The van der Waals surface area contributed by atoms with Crippen molar-refractivity contribution in [3.05, 3.63) is 169 Å². The number of fused-ring (bicyclic) bond motifs is 8. The van der Waals surface area contributed by atoms with Crippen molar-refractivity contribution in [3.8, 4) is 17.1 Å². The van der Waals surface area contributed by atoms with E-state index in [2.05, 4.69) is 163 Å². The molecule has 9 aromatic rings. The number of nitrogens with zero attached hydrogens (tertiary/aromatic N) is 4. The van der Waals surface area contributed by atoms with Crippen molar-refractivity contribution in [2.24, 2.45) is 0 Å². The number of benzene rings is 7. The monoisotopic (exact) mass is 628 g/mol. The Morgan fingerprint density at radius 2 is 1.22 bits per heavy atom. The molecule has 232 valence electrons. The second kappa shape index (κ2) is 10.4. The highest BCUT2D eigenvalue weighted by atomic mass is 15.2. The van der Waals surface area contributed by atoms with Gasteiger partial charge in [0.05, 0.1) is 27.9 Å². The molecule has 2 aromatic heterocycles. The third kappa shape index (κ3) is 4.10. The molecular formula is C45H32N4. The molecule has 0 amide bonds. The van der Waals surface area contributed by atoms with Crippen LogP contribution in [0.5, 0.6) is 0 Å². The Hall–Kier alpha value is -6.26. The predicted molar refractivity (Wildman–Crippen MR) is 204 cm³/mol. The second-order valence-electron chi connectivity index (χ2n) is 13.5. The van der Waals surface area contributed by atoms with Crippen LogP contribution >= 0.6 is 0 Å². The summed E-state index contributed by atoms with van der Waals surface area (Å²) in [6.07, 6.45) is 1.93. The van der Waals surface area contributed by atoms with Crippen molar-refractivity contribution in [3.63, 3.8) is 0 Å². The Bertz CT molecular complexity index is 2760. The lowest BCUT2D eigenvalue weighted by Gasteiger charge is -2.42. The van der Waals surface area contributed by atoms with Gasteiger partial charge in [-0.25, -0.2) is 9.97 Å². The van der Waals surface area contributed by atoms with E-state index < -0.39 is 0 Å². The number of aromatic nitrogens is 3. The molecule has 4 heteroatoms. The molecule has 7 aromatic carbocycles. The molecule has 0 saturated heterocycles. The van der Waals surface area contributed by atoms with Gasteiger partial charge in [0.2, 0.25) is 5.95 Å². The van der Waals surface area contributed by atoms with Gasteiger partial charge in [0, 0.05) is 33.5 Å². The minimum atomic E-state index is -0.147. The fourth-order valence-corrected chi connectivity index (χ4v) is 8.01. The van der Waals surface area contributed by atoms with Crippen LogP contribution in [0.25, 0.3) is 60.6 Å². The molecule has 10 rings (SSSR count). The highest BCUT2D eigenvalue weighted by molar-refractivity contribution is 6.21. The SMILES string of the molecule is CC1(C)c2ccccc2N(c2ccccc2)c2cc(-c3ccc4c(c3)c3c5ccccc5ccc3n4-c3ncc4ccccc4n3)ccc21. The zero-order chi connectivity index (χ0) is 32.7. The number of hydrogen-bond donors (Lipinski definition) is 0. The standard InChI is InChI=1S/C45H32N4/c1-45(2)36-17-9-11-19-40(36)48(33-14-4-3-5-15-33)42-27-31(20-23-37(42)45)30-22-24-39-35(26-30)43-34-16-8-6-12-29(34)21-25-41(43)49(39)44-46-28-32-13-7-10-18-38(32)47-44/h3-28H,1-2H3. The molecule has 49 heavy (non-hydrogen) atoms. The number of rotatable bonds is 3. The van der Waals surface area contributed by atoms with Crippen LogP contribution in [0.4, 0.5) is 17.1 Å². The molecule has 1 aliphatic heterocycles. The van der Waals surface area contributed by atoms with Gasteiger partial charge < -0.3 is 4.90 Å². The van der Waals surface area contributed by atoms with E-state index in [0.717, 1.165) is 27.6 Å². The maximum absolute atomic E-state index is 5.04. The Morgan fingerprint density at radius 1 is 0.531 bits per heavy atom. The largest absolute Gasteiger partial charge is 0.310 e. The van der Waals surface area contributed by atoms with Crippen molar-refractivity contribution in [1.29, 1.82) is 0 Å². The predicted octanol–water partition coefficient (Wildman–Crippen LogP) is 11.7. The lowest BCUT2D eigenvalue weighted by Crippen LogP contribution is -2.30. The van der Waals surface area contributed by atoms with Crippen molar-refractivity contribution in [2.45, 2.75) is 19.3 Å². The number of para-hydroxylation sites is 3. The Morgan fingerprint density at radius 3 is 2.12 bits per heavy atom. The van der Waals surface area contributed by atoms with Crippen LogP contribution in [0, 0.1) is 0 Å². The van der Waals surface area contributed by atoms with Gasteiger partial charge in [0.15, 0.2) is 0 Å². The van der Waals surface area contributed by atoms with E-state index in [1.54, 1.807) is 0 Å². The van der Waals surface area contributed by atoms with E-state index in [1.165, 1.54) is 55.2 Å². The summed E-state index contributed by atoms with van der Waals surface area (Å²) < 4.78 is 2.22. The van der Waals surface area contributed by atoms with Crippen molar-refractivity contribution < 1.29 is 0 Å². The maximum atomic E-state index is 5.04. The molecule has 0 radical (unpaired) electrons. The topological polar surface area (TPSA) is 34.0 Å². The average Bonchev–Trinajstić information content (AvgIpc) is 3.49. The van der Waals surface area contributed by atoms with Crippen molar-refractivity contribution in [1.82, 2.24) is 14.5 Å². The summed E-state index contributed by atoms with van der Waals surface area (Å²) in [4.78, 5) is 12.3. The van der Waals surface area contributed by atoms with Gasteiger partial charge in [0.1, 0.15) is 0 Å². The summed E-state index contributed by atoms with van der Waals surface area (Å²) in [6.45, 7) is 4.68. The molecule has 0 N–H and O–H groups in total. The molecule has 0 saturated carbocycles. The molecule has 0 aliphatic carbocycles. The summed E-state index contributed by atoms with van der Waals surface area (Å²) in [7, 11) is 0. The lowest BCUT2D eigenvalue weighted by molar-refractivity contribution is 0.632. The van der Waals surface area contributed by atoms with Crippen molar-refractivity contribution >= 4 is 60.5 Å². The summed E-state index contributed by atoms with van der Waals surface area (Å²) in [5.41, 5.74) is 11.6. The van der Waals surface area contributed by atoms with E-state index in [-0.39, 0.29) is 5.41 Å². The third-order valence-corrected chi connectivity index (χ3v) is 10.4. The van der Waals surface area contributed by atoms with Crippen molar-refractivity contribution in [2.75, 3.05) is 4.90 Å². The van der Waals surface area contributed by atoms with Gasteiger partial charge in [-0.05, 0) is 81.6 Å². The van der Waals surface area contributed by atoms with Gasteiger partial charge in [-0.2, -0.15) is 0 Å². The average molecular weight is 629 g/mol. The maximum Gasteiger partial charge on any atom is 0.235 e. The number of anilines is 3. The van der Waals surface area contributed by atoms with Gasteiger partial charge in [-0.15, -0.1) is 0 Å². The minimum absolute atomic E-state index is 0.147. The Balaban J connectivity index is 1.22. The molecular weight excluding hydrogens is 597 g/mol. The lowest BCUT2D eigenvalue weighted by atomic mass is 9.73. The summed E-state index contributed by atoms with van der Waals surface area (Å²) in [6, 6.07) is 54.6. The molecule has 4 nitrogen and oxygen atoms in total. The van der Waals surface area contributed by atoms with Crippen LogP contribution in [-0.2, 0) is 5.41 Å². The molecule has 3 heterocycles. The minimum Gasteiger partial charge on any atom is -0.310 e. The first-order valence-corrected chi connectivity index (χ1v) is 16.8.